The average molecular weight is 471 g/mol. The monoisotopic (exact) mass is 470 g/mol. The van der Waals surface area contributed by atoms with Crippen LogP contribution in [0.1, 0.15) is 58.4 Å². The van der Waals surface area contributed by atoms with E-state index in [0.29, 0.717) is 11.5 Å². The number of rotatable bonds is 3. The molecule has 0 radical (unpaired) electrons. The molecule has 1 aliphatic heterocycles. The topological polar surface area (TPSA) is 91.8 Å². The van der Waals surface area contributed by atoms with Crippen molar-refractivity contribution in [2.45, 2.75) is 45.2 Å². The smallest absolute Gasteiger partial charge is 0.278 e. The van der Waals surface area contributed by atoms with Gasteiger partial charge in [-0.2, -0.15) is 0 Å². The van der Waals surface area contributed by atoms with Crippen LogP contribution in [0.25, 0.3) is 0 Å². The second-order valence-electron chi connectivity index (χ2n) is 9.33. The van der Waals surface area contributed by atoms with Gasteiger partial charge < -0.3 is 14.5 Å². The van der Waals surface area contributed by atoms with Gasteiger partial charge in [0.25, 0.3) is 5.91 Å². The molecule has 6 rings (SSSR count). The molecular formula is C27H26N4O4. The van der Waals surface area contributed by atoms with E-state index < -0.39 is 17.1 Å². The van der Waals surface area contributed by atoms with Crippen LogP contribution in [0.2, 0.25) is 0 Å². The third-order valence-corrected chi connectivity index (χ3v) is 7.12. The molecule has 1 unspecified atom stereocenters. The number of carbonyl (C=O) groups is 1. The van der Waals surface area contributed by atoms with Crippen LogP contribution in [0.3, 0.4) is 0 Å². The first-order chi connectivity index (χ1) is 17.0. The van der Waals surface area contributed by atoms with Gasteiger partial charge in [-0.15, -0.1) is 0 Å². The van der Waals surface area contributed by atoms with Gasteiger partial charge in [0, 0.05) is 18.3 Å². The lowest BCUT2D eigenvalue weighted by molar-refractivity contribution is 0.0660. The number of nitrogens with zero attached hydrogens (tertiary/aromatic N) is 4. The molecule has 0 spiro atoms. The van der Waals surface area contributed by atoms with E-state index in [1.807, 2.05) is 6.07 Å². The Hall–Kier alpha value is -4.07. The van der Waals surface area contributed by atoms with Crippen molar-refractivity contribution < 1.29 is 14.4 Å². The number of benzene rings is 1. The van der Waals surface area contributed by atoms with Crippen LogP contribution in [-0.4, -0.2) is 32.4 Å². The highest BCUT2D eigenvalue weighted by Gasteiger charge is 2.39. The molecule has 1 atom stereocenters. The first-order valence-corrected chi connectivity index (χ1v) is 11.9. The van der Waals surface area contributed by atoms with Crippen molar-refractivity contribution in [2.24, 2.45) is 0 Å². The zero-order valence-electron chi connectivity index (χ0n) is 19.5. The number of fused-ring (bicyclic) bond motifs is 2. The minimum absolute atomic E-state index is 0.0285. The van der Waals surface area contributed by atoms with E-state index in [1.54, 1.807) is 28.8 Å². The lowest BCUT2D eigenvalue weighted by atomic mass is 9.88. The number of allylic oxidation sites excluding steroid dienone is 3. The second-order valence-corrected chi connectivity index (χ2v) is 9.33. The number of pyridine rings is 1. The summed E-state index contributed by atoms with van der Waals surface area (Å²) in [5.74, 6) is -0.304. The summed E-state index contributed by atoms with van der Waals surface area (Å²) in [6.07, 6.45) is 9.81. The normalized spacial score (nSPS) is 19.3. The van der Waals surface area contributed by atoms with Crippen molar-refractivity contribution in [3.63, 3.8) is 0 Å². The summed E-state index contributed by atoms with van der Waals surface area (Å²) >= 11 is 0. The molecule has 2 aliphatic carbocycles. The lowest BCUT2D eigenvalue weighted by Gasteiger charge is -2.45. The number of aromatic hydroxyl groups is 1. The Morgan fingerprint density at radius 1 is 1.14 bits per heavy atom. The van der Waals surface area contributed by atoms with E-state index in [1.165, 1.54) is 28.3 Å². The van der Waals surface area contributed by atoms with E-state index >= 15 is 0 Å². The molecule has 3 aliphatic rings. The molecule has 0 bridgehead atoms. The molecule has 0 saturated carbocycles. The average Bonchev–Trinajstić information content (AvgIpc) is 3.20. The van der Waals surface area contributed by atoms with Crippen molar-refractivity contribution in [2.75, 3.05) is 11.7 Å². The van der Waals surface area contributed by atoms with Gasteiger partial charge in [-0.3, -0.25) is 19.3 Å². The first-order valence-electron chi connectivity index (χ1n) is 11.9. The van der Waals surface area contributed by atoms with Crippen molar-refractivity contribution in [1.29, 1.82) is 0 Å². The van der Waals surface area contributed by atoms with Crippen LogP contribution in [0.4, 0.5) is 0 Å². The number of aromatic nitrogens is 2. The van der Waals surface area contributed by atoms with Gasteiger partial charge in [-0.25, -0.2) is 0 Å². The molecule has 8 nitrogen and oxygen atoms in total. The fourth-order valence-corrected chi connectivity index (χ4v) is 5.52. The van der Waals surface area contributed by atoms with E-state index in [9.17, 15) is 14.7 Å². The third kappa shape index (κ3) is 3.56. The standard InChI is InChI=1S/C27H26N4O4/c1-17-14-20(28-35-17)15-29-16-31(30-13-12-23(32)26(33)25(30)27(29)34)24-21-8-4-2-6-18(21)10-11-19-7-3-5-9-22(19)24/h2-4,6-8,12-14,24,33H,5,9-11,15-16H2,1H3. The van der Waals surface area contributed by atoms with Gasteiger partial charge in [0.2, 0.25) is 5.43 Å². The summed E-state index contributed by atoms with van der Waals surface area (Å²) in [5, 5.41) is 16.9. The molecule has 3 aromatic rings. The number of hydrogen-bond donors (Lipinski definition) is 1. The van der Waals surface area contributed by atoms with Crippen molar-refractivity contribution in [3.8, 4) is 5.75 Å². The number of carbonyl (C=O) groups excluding carboxylic acids is 1. The highest BCUT2D eigenvalue weighted by atomic mass is 16.5. The molecule has 1 N–H and O–H groups in total. The fourth-order valence-electron chi connectivity index (χ4n) is 5.52. The zero-order valence-corrected chi connectivity index (χ0v) is 19.5. The Bertz CT molecular complexity index is 1450. The number of aryl methyl sites for hydroxylation is 2. The third-order valence-electron chi connectivity index (χ3n) is 7.12. The van der Waals surface area contributed by atoms with E-state index in [0.717, 1.165) is 25.7 Å². The predicted molar refractivity (Wildman–Crippen MR) is 129 cm³/mol. The van der Waals surface area contributed by atoms with Crippen LogP contribution in [0.5, 0.6) is 5.75 Å². The molecule has 178 valence electrons. The number of hydrogen-bond acceptors (Lipinski definition) is 6. The van der Waals surface area contributed by atoms with Gasteiger partial charge in [-0.05, 0) is 54.9 Å². The Labute approximate surface area is 202 Å². The van der Waals surface area contributed by atoms with Crippen LogP contribution in [0.15, 0.2) is 75.2 Å². The highest BCUT2D eigenvalue weighted by molar-refractivity contribution is 5.96. The maximum absolute atomic E-state index is 13.5. The minimum atomic E-state index is -0.578. The van der Waals surface area contributed by atoms with Gasteiger partial charge in [0.15, 0.2) is 11.4 Å². The minimum Gasteiger partial charge on any atom is -0.502 e. The van der Waals surface area contributed by atoms with Gasteiger partial charge in [0.1, 0.15) is 18.1 Å². The summed E-state index contributed by atoms with van der Waals surface area (Å²) in [7, 11) is 0. The molecule has 0 saturated heterocycles. The number of amides is 1. The Balaban J connectivity index is 1.54. The summed E-state index contributed by atoms with van der Waals surface area (Å²) < 4.78 is 6.88. The largest absolute Gasteiger partial charge is 0.502 e. The molecule has 2 aromatic heterocycles. The Morgan fingerprint density at radius 2 is 2.00 bits per heavy atom. The first kappa shape index (κ1) is 21.5. The fraction of sp³-hybridized carbons (Fsp3) is 0.296. The van der Waals surface area contributed by atoms with Crippen LogP contribution < -0.4 is 10.4 Å². The van der Waals surface area contributed by atoms with Gasteiger partial charge in [-0.1, -0.05) is 41.6 Å². The summed E-state index contributed by atoms with van der Waals surface area (Å²) in [6, 6.07) is 11.4. The van der Waals surface area contributed by atoms with E-state index in [-0.39, 0.29) is 24.9 Å². The van der Waals surface area contributed by atoms with Gasteiger partial charge >= 0.3 is 0 Å². The van der Waals surface area contributed by atoms with E-state index in [2.05, 4.69) is 40.5 Å². The maximum atomic E-state index is 13.5. The quantitative estimate of drug-likeness (QED) is 0.627. The summed E-state index contributed by atoms with van der Waals surface area (Å²) in [5.41, 5.74) is 5.09. The zero-order chi connectivity index (χ0) is 24.1. The Morgan fingerprint density at radius 3 is 2.83 bits per heavy atom. The van der Waals surface area contributed by atoms with Gasteiger partial charge in [0.05, 0.1) is 12.6 Å². The SMILES string of the molecule is Cc1cc(CN2CN(C3C4=C(C=CCC4)CCc4ccccc43)n3ccc(=O)c(O)c3C2=O)no1. The van der Waals surface area contributed by atoms with E-state index in [4.69, 9.17) is 4.52 Å². The molecule has 0 fully saturated rings. The summed E-state index contributed by atoms with van der Waals surface area (Å²) in [6.45, 7) is 2.27. The van der Waals surface area contributed by atoms with Crippen LogP contribution in [-0.2, 0) is 13.0 Å². The molecule has 1 aromatic carbocycles. The molecule has 1 amide bonds. The summed E-state index contributed by atoms with van der Waals surface area (Å²) in [4.78, 5) is 27.5. The molecule has 35 heavy (non-hydrogen) atoms. The lowest BCUT2D eigenvalue weighted by Crippen LogP contribution is -2.55. The van der Waals surface area contributed by atoms with Crippen LogP contribution in [0, 0.1) is 6.92 Å². The molecular weight excluding hydrogens is 444 g/mol. The molecule has 8 heteroatoms. The predicted octanol–water partition coefficient (Wildman–Crippen LogP) is 3.74. The highest BCUT2D eigenvalue weighted by Crippen LogP contribution is 2.42. The van der Waals surface area contributed by atoms with Crippen molar-refractivity contribution in [3.05, 3.63) is 104 Å². The molecule has 3 heterocycles. The maximum Gasteiger partial charge on any atom is 0.278 e. The second kappa shape index (κ2) is 8.30. The van der Waals surface area contributed by atoms with Crippen molar-refractivity contribution >= 4 is 5.91 Å². The Kier molecular flexibility index (Phi) is 5.09. The van der Waals surface area contributed by atoms with Crippen molar-refractivity contribution in [1.82, 2.24) is 14.7 Å². The van der Waals surface area contributed by atoms with Crippen LogP contribution >= 0.6 is 0 Å².